The Hall–Kier alpha value is -3.40. The molecule has 5 rings (SSSR count). The molecule has 2 aliphatic heterocycles. The van der Waals surface area contributed by atoms with E-state index < -0.39 is 38.2 Å². The number of carbonyl (C=O) groups excluding carboxylic acids is 2. The molecule has 0 radical (unpaired) electrons. The minimum atomic E-state index is -5.15. The maximum atomic E-state index is 13.2. The number of fused-ring (bicyclic) bond motifs is 1. The number of pyridine rings is 1. The molecule has 3 aromatic rings. The molecule has 0 bridgehead atoms. The van der Waals surface area contributed by atoms with Crippen LogP contribution in [0.25, 0.3) is 28.2 Å². The van der Waals surface area contributed by atoms with Crippen molar-refractivity contribution < 1.29 is 45.1 Å². The predicted octanol–water partition coefficient (Wildman–Crippen LogP) is 3.74. The number of ether oxygens (including phenoxy) is 2. The number of nitrogens with zero attached hydrogens (tertiary/aromatic N) is 2. The van der Waals surface area contributed by atoms with Crippen LogP contribution in [0.2, 0.25) is 0 Å². The van der Waals surface area contributed by atoms with Gasteiger partial charge in [-0.05, 0) is 35.5 Å². The Morgan fingerprint density at radius 3 is 2.57 bits per heavy atom. The normalized spacial score (nSPS) is 18.5. The van der Waals surface area contributed by atoms with Gasteiger partial charge in [-0.25, -0.2) is 8.42 Å². The SMILES string of the molecule is O=C1NC(=O)/C(=C\c2cc3cncc(-c4ccc(S(=O)(=O)N5CCOCC5)c(OC(F)(F)F)c4)c3o2)S1. The van der Waals surface area contributed by atoms with Crippen LogP contribution < -0.4 is 10.1 Å². The molecule has 0 saturated carbocycles. The highest BCUT2D eigenvalue weighted by Gasteiger charge is 2.36. The summed E-state index contributed by atoms with van der Waals surface area (Å²) in [6, 6.07) is 4.86. The molecule has 0 atom stereocenters. The van der Waals surface area contributed by atoms with E-state index in [2.05, 4.69) is 15.0 Å². The standard InChI is InChI=1S/C22H16F3N3O7S2/c23-22(24,25)35-16-8-12(1-2-18(16)37(31,32)28-3-5-33-6-4-28)15-11-26-10-13-7-14(34-19(13)15)9-17-20(29)27-21(30)36-17/h1-2,7-11H,3-6H2,(H,27,29,30)/b17-9+. The molecule has 10 nitrogen and oxygen atoms in total. The molecule has 1 aromatic carbocycles. The molecule has 194 valence electrons. The topological polar surface area (TPSA) is 128 Å². The van der Waals surface area contributed by atoms with Gasteiger partial charge in [0.1, 0.15) is 22.0 Å². The quantitative estimate of drug-likeness (QED) is 0.468. The second-order valence-electron chi connectivity index (χ2n) is 7.83. The van der Waals surface area contributed by atoms with Crippen LogP contribution in [0.3, 0.4) is 0 Å². The lowest BCUT2D eigenvalue weighted by atomic mass is 10.1. The third-order valence-corrected chi connectivity index (χ3v) is 8.17. The Morgan fingerprint density at radius 2 is 1.89 bits per heavy atom. The van der Waals surface area contributed by atoms with Crippen LogP contribution >= 0.6 is 11.8 Å². The highest BCUT2D eigenvalue weighted by molar-refractivity contribution is 8.18. The average Bonchev–Trinajstić information content (AvgIpc) is 3.39. The van der Waals surface area contributed by atoms with Crippen molar-refractivity contribution in [2.75, 3.05) is 26.3 Å². The highest BCUT2D eigenvalue weighted by Crippen LogP contribution is 2.38. The molecule has 2 amide bonds. The van der Waals surface area contributed by atoms with Gasteiger partial charge in [-0.15, -0.1) is 13.2 Å². The molecule has 2 fully saturated rings. The first kappa shape index (κ1) is 25.3. The fourth-order valence-corrected chi connectivity index (χ4v) is 5.99. The molecule has 1 N–H and O–H groups in total. The summed E-state index contributed by atoms with van der Waals surface area (Å²) in [5.74, 6) is -1.28. The van der Waals surface area contributed by atoms with Crippen molar-refractivity contribution in [2.45, 2.75) is 11.3 Å². The first-order chi connectivity index (χ1) is 17.5. The molecule has 0 spiro atoms. The molecule has 15 heteroatoms. The maximum Gasteiger partial charge on any atom is 0.573 e. The lowest BCUT2D eigenvalue weighted by molar-refractivity contribution is -0.275. The van der Waals surface area contributed by atoms with Crippen molar-refractivity contribution in [3.8, 4) is 16.9 Å². The van der Waals surface area contributed by atoms with Crippen LogP contribution in [0, 0.1) is 0 Å². The Bertz CT molecular complexity index is 1540. The Kier molecular flexibility index (Phi) is 6.47. The van der Waals surface area contributed by atoms with Crippen LogP contribution in [0.4, 0.5) is 18.0 Å². The van der Waals surface area contributed by atoms with Gasteiger partial charge >= 0.3 is 6.36 Å². The van der Waals surface area contributed by atoms with Crippen molar-refractivity contribution in [2.24, 2.45) is 0 Å². The number of thioether (sulfide) groups is 1. The lowest BCUT2D eigenvalue weighted by Crippen LogP contribution is -2.40. The summed E-state index contributed by atoms with van der Waals surface area (Å²) in [4.78, 5) is 26.8. The van der Waals surface area contributed by atoms with E-state index in [1.54, 1.807) is 6.07 Å². The Labute approximate surface area is 211 Å². The van der Waals surface area contributed by atoms with Gasteiger partial charge < -0.3 is 13.9 Å². The number of alkyl halides is 3. The average molecular weight is 556 g/mol. The van der Waals surface area contributed by atoms with E-state index in [-0.39, 0.29) is 53.7 Å². The number of carbonyl (C=O) groups is 2. The Balaban J connectivity index is 1.58. The molecular weight excluding hydrogens is 539 g/mol. The van der Waals surface area contributed by atoms with Gasteiger partial charge in [-0.2, -0.15) is 4.31 Å². The number of sulfonamides is 1. The van der Waals surface area contributed by atoms with Gasteiger partial charge in [0.15, 0.2) is 0 Å². The molecule has 4 heterocycles. The number of amides is 2. The largest absolute Gasteiger partial charge is 0.573 e. The second kappa shape index (κ2) is 9.48. The van der Waals surface area contributed by atoms with Gasteiger partial charge in [-0.1, -0.05) is 6.07 Å². The van der Waals surface area contributed by atoms with Crippen LogP contribution in [0.15, 0.2) is 50.9 Å². The van der Waals surface area contributed by atoms with Crippen LogP contribution in [0.1, 0.15) is 5.76 Å². The first-order valence-electron chi connectivity index (χ1n) is 10.6. The monoisotopic (exact) mass is 555 g/mol. The smallest absolute Gasteiger partial charge is 0.456 e. The summed E-state index contributed by atoms with van der Waals surface area (Å²) in [5, 5.41) is 2.05. The summed E-state index contributed by atoms with van der Waals surface area (Å²) in [5.41, 5.74) is 0.623. The number of morpholine rings is 1. The molecular formula is C22H16F3N3O7S2. The number of imide groups is 1. The van der Waals surface area contributed by atoms with Crippen molar-refractivity contribution in [1.82, 2.24) is 14.6 Å². The Morgan fingerprint density at radius 1 is 1.14 bits per heavy atom. The zero-order chi connectivity index (χ0) is 26.4. The van der Waals surface area contributed by atoms with Crippen LogP contribution in [-0.4, -0.2) is 61.5 Å². The van der Waals surface area contributed by atoms with Crippen molar-refractivity contribution in [3.05, 3.63) is 47.3 Å². The van der Waals surface area contributed by atoms with E-state index >= 15 is 0 Å². The minimum Gasteiger partial charge on any atom is -0.456 e. The fourth-order valence-electron chi connectivity index (χ4n) is 3.83. The van der Waals surface area contributed by atoms with E-state index in [0.717, 1.165) is 16.4 Å². The number of aromatic nitrogens is 1. The number of hydrogen-bond donors (Lipinski definition) is 1. The van der Waals surface area contributed by atoms with Gasteiger partial charge in [0.25, 0.3) is 11.1 Å². The number of hydrogen-bond acceptors (Lipinski definition) is 9. The number of furan rings is 1. The lowest BCUT2D eigenvalue weighted by Gasteiger charge is -2.27. The van der Waals surface area contributed by atoms with Crippen LogP contribution in [-0.2, 0) is 19.6 Å². The third-order valence-electron chi connectivity index (χ3n) is 5.43. The molecule has 2 aliphatic rings. The maximum absolute atomic E-state index is 13.2. The fraction of sp³-hybridized carbons (Fsp3) is 0.227. The summed E-state index contributed by atoms with van der Waals surface area (Å²) >= 11 is 0.696. The van der Waals surface area contributed by atoms with E-state index in [1.165, 1.54) is 24.5 Å². The number of rotatable bonds is 5. The van der Waals surface area contributed by atoms with E-state index in [4.69, 9.17) is 9.15 Å². The molecule has 2 aromatic heterocycles. The van der Waals surface area contributed by atoms with Crippen LogP contribution in [0.5, 0.6) is 5.75 Å². The zero-order valence-electron chi connectivity index (χ0n) is 18.6. The predicted molar refractivity (Wildman–Crippen MR) is 125 cm³/mol. The van der Waals surface area contributed by atoms with E-state index in [9.17, 15) is 31.2 Å². The summed E-state index contributed by atoms with van der Waals surface area (Å²) in [7, 11) is -4.31. The summed E-state index contributed by atoms with van der Waals surface area (Å²) < 4.78 is 82.0. The number of halogens is 3. The summed E-state index contributed by atoms with van der Waals surface area (Å²) in [6.45, 7) is 0.216. The second-order valence-corrected chi connectivity index (χ2v) is 10.8. The van der Waals surface area contributed by atoms with E-state index in [1.807, 2.05) is 0 Å². The highest BCUT2D eigenvalue weighted by atomic mass is 32.2. The summed E-state index contributed by atoms with van der Waals surface area (Å²) in [6.07, 6.45) is -1.02. The zero-order valence-corrected chi connectivity index (χ0v) is 20.2. The van der Waals surface area contributed by atoms with Crippen molar-refractivity contribution >= 4 is 50.0 Å². The molecule has 0 aliphatic carbocycles. The molecule has 0 unspecified atom stereocenters. The van der Waals surface area contributed by atoms with Gasteiger partial charge in [0.05, 0.1) is 18.1 Å². The minimum absolute atomic E-state index is 0.00858. The van der Waals surface area contributed by atoms with Crippen molar-refractivity contribution in [1.29, 1.82) is 0 Å². The van der Waals surface area contributed by atoms with E-state index in [0.29, 0.717) is 17.1 Å². The third kappa shape index (κ3) is 5.20. The van der Waals surface area contributed by atoms with Gasteiger partial charge in [0.2, 0.25) is 10.0 Å². The number of benzene rings is 1. The first-order valence-corrected chi connectivity index (χ1v) is 12.9. The van der Waals surface area contributed by atoms with Gasteiger partial charge in [-0.3, -0.25) is 19.9 Å². The van der Waals surface area contributed by atoms with Crippen molar-refractivity contribution in [3.63, 3.8) is 0 Å². The molecule has 2 saturated heterocycles. The van der Waals surface area contributed by atoms with Gasteiger partial charge in [0, 0.05) is 42.5 Å². The number of nitrogens with one attached hydrogen (secondary N) is 1. The molecule has 37 heavy (non-hydrogen) atoms.